The van der Waals surface area contributed by atoms with Gasteiger partial charge in [0.25, 0.3) is 5.88 Å². The number of aromatic nitrogens is 4. The maximum Gasteiger partial charge on any atom is 0.263 e. The summed E-state index contributed by atoms with van der Waals surface area (Å²) in [4.78, 5) is 34.2. The van der Waals surface area contributed by atoms with Gasteiger partial charge in [0.15, 0.2) is 11.6 Å². The van der Waals surface area contributed by atoms with E-state index in [-0.39, 0.29) is 5.78 Å². The van der Waals surface area contributed by atoms with Gasteiger partial charge in [-0.05, 0) is 49.2 Å². The topological polar surface area (TPSA) is 96.5 Å². The van der Waals surface area contributed by atoms with Crippen molar-refractivity contribution in [2.75, 3.05) is 44.3 Å². The number of nitrogens with zero attached hydrogens (tertiary/aromatic N) is 5. The lowest BCUT2D eigenvalue weighted by atomic mass is 10.0. The number of rotatable bonds is 6. The van der Waals surface area contributed by atoms with Gasteiger partial charge in [-0.2, -0.15) is 0 Å². The van der Waals surface area contributed by atoms with E-state index in [4.69, 9.17) is 9.47 Å². The zero-order chi connectivity index (χ0) is 24.3. The number of ketones is 1. The van der Waals surface area contributed by atoms with Crippen LogP contribution in [0.5, 0.6) is 11.6 Å². The highest BCUT2D eigenvalue weighted by molar-refractivity contribution is 6.08. The second-order valence-electron chi connectivity index (χ2n) is 9.11. The molecule has 0 spiro atoms. The summed E-state index contributed by atoms with van der Waals surface area (Å²) in [6, 6.07) is 15.2. The molecule has 0 amide bonds. The summed E-state index contributed by atoms with van der Waals surface area (Å²) in [6.45, 7) is 5.48. The summed E-state index contributed by atoms with van der Waals surface area (Å²) in [5.41, 5.74) is 2.14. The van der Waals surface area contributed by atoms with E-state index in [1.165, 1.54) is 0 Å². The summed E-state index contributed by atoms with van der Waals surface area (Å²) in [7, 11) is 0. The van der Waals surface area contributed by atoms with Crippen molar-refractivity contribution >= 4 is 22.6 Å². The van der Waals surface area contributed by atoms with Gasteiger partial charge >= 0.3 is 0 Å². The van der Waals surface area contributed by atoms with Crippen LogP contribution in [0.25, 0.3) is 11.0 Å². The normalized spacial score (nSPS) is 17.4. The van der Waals surface area contributed by atoms with Crippen LogP contribution in [0.2, 0.25) is 0 Å². The zero-order valence-corrected chi connectivity index (χ0v) is 20.0. The highest BCUT2D eigenvalue weighted by Gasteiger charge is 2.28. The maximum atomic E-state index is 12.9. The first kappa shape index (κ1) is 22.6. The Hall–Kier alpha value is -3.82. The molecule has 1 N–H and O–H groups in total. The Morgan fingerprint density at radius 2 is 1.69 bits per heavy atom. The van der Waals surface area contributed by atoms with E-state index in [0.29, 0.717) is 29.1 Å². The lowest BCUT2D eigenvalue weighted by Crippen LogP contribution is -2.49. The van der Waals surface area contributed by atoms with Crippen molar-refractivity contribution in [3.8, 4) is 11.6 Å². The number of ether oxygens (including phenoxy) is 2. The average molecular weight is 485 g/mol. The van der Waals surface area contributed by atoms with Crippen LogP contribution in [0.1, 0.15) is 29.0 Å². The highest BCUT2D eigenvalue weighted by atomic mass is 16.5. The minimum absolute atomic E-state index is 0.166. The molecule has 4 heterocycles. The largest absolute Gasteiger partial charge is 0.436 e. The fourth-order valence-electron chi connectivity index (χ4n) is 4.98. The van der Waals surface area contributed by atoms with Crippen LogP contribution in [0.15, 0.2) is 60.9 Å². The molecule has 2 aliphatic heterocycles. The highest BCUT2D eigenvalue weighted by Crippen LogP contribution is 2.31. The molecule has 36 heavy (non-hydrogen) atoms. The summed E-state index contributed by atoms with van der Waals surface area (Å²) in [5, 5.41) is 0. The number of carbonyl (C=O) groups excluding carboxylic acids is 1. The van der Waals surface area contributed by atoms with Gasteiger partial charge in [-0.15, -0.1) is 0 Å². The van der Waals surface area contributed by atoms with Crippen LogP contribution in [-0.2, 0) is 4.74 Å². The molecule has 184 valence electrons. The van der Waals surface area contributed by atoms with Crippen LogP contribution in [0.3, 0.4) is 0 Å². The van der Waals surface area contributed by atoms with E-state index in [9.17, 15) is 4.79 Å². The average Bonchev–Trinajstić information content (AvgIpc) is 3.39. The van der Waals surface area contributed by atoms with E-state index in [0.717, 1.165) is 69.1 Å². The number of morpholine rings is 1. The first-order valence-electron chi connectivity index (χ1n) is 12.4. The molecule has 0 bridgehead atoms. The number of benzene rings is 2. The molecule has 2 fully saturated rings. The Kier molecular flexibility index (Phi) is 6.31. The molecule has 2 saturated heterocycles. The van der Waals surface area contributed by atoms with Crippen molar-refractivity contribution in [2.45, 2.75) is 18.9 Å². The summed E-state index contributed by atoms with van der Waals surface area (Å²) in [6.07, 6.45) is 5.49. The van der Waals surface area contributed by atoms with Gasteiger partial charge in [0.1, 0.15) is 5.75 Å². The monoisotopic (exact) mass is 484 g/mol. The summed E-state index contributed by atoms with van der Waals surface area (Å²) < 4.78 is 11.6. The number of hydrogen-bond donors (Lipinski definition) is 1. The second-order valence-corrected chi connectivity index (χ2v) is 9.11. The molecule has 0 saturated carbocycles. The molecule has 0 unspecified atom stereocenters. The van der Waals surface area contributed by atoms with Crippen LogP contribution < -0.4 is 9.64 Å². The number of anilines is 1. The third-order valence-electron chi connectivity index (χ3n) is 6.91. The standard InChI is InChI=1S/C27H28N6O3/c34-24(25-30-22-3-1-2-4-23(22)31-25)19-5-7-21(8-6-19)36-27-26(28-11-12-29-27)33-13-9-20(10-14-33)32-15-17-35-18-16-32/h1-8,11-12,20H,9-10,13-18H2,(H,30,31). The van der Waals surface area contributed by atoms with E-state index >= 15 is 0 Å². The Labute approximate surface area is 209 Å². The number of H-pyrrole nitrogens is 1. The Morgan fingerprint density at radius 1 is 0.944 bits per heavy atom. The van der Waals surface area contributed by atoms with Gasteiger partial charge in [0.2, 0.25) is 5.78 Å². The first-order chi connectivity index (χ1) is 17.7. The Bertz CT molecular complexity index is 1310. The Balaban J connectivity index is 1.13. The molecule has 2 aromatic carbocycles. The molecule has 2 aliphatic rings. The predicted molar refractivity (Wildman–Crippen MR) is 136 cm³/mol. The van der Waals surface area contributed by atoms with Gasteiger partial charge in [-0.25, -0.2) is 15.0 Å². The van der Waals surface area contributed by atoms with Crippen LogP contribution in [-0.4, -0.2) is 76.1 Å². The van der Waals surface area contributed by atoms with Gasteiger partial charge < -0.3 is 19.4 Å². The number of piperidine rings is 1. The second kappa shape index (κ2) is 10.0. The number of carbonyl (C=O) groups is 1. The third kappa shape index (κ3) is 4.67. The smallest absolute Gasteiger partial charge is 0.263 e. The van der Waals surface area contributed by atoms with Crippen molar-refractivity contribution in [3.63, 3.8) is 0 Å². The molecule has 6 rings (SSSR count). The SMILES string of the molecule is O=C(c1ccc(Oc2nccnc2N2CCC(N3CCOCC3)CC2)cc1)c1nc2ccccc2[nH]1. The van der Waals surface area contributed by atoms with Crippen molar-refractivity contribution < 1.29 is 14.3 Å². The van der Waals surface area contributed by atoms with E-state index < -0.39 is 0 Å². The number of para-hydroxylation sites is 2. The van der Waals surface area contributed by atoms with Crippen molar-refractivity contribution in [3.05, 3.63) is 72.3 Å². The fraction of sp³-hybridized carbons (Fsp3) is 0.333. The van der Waals surface area contributed by atoms with Crippen LogP contribution in [0.4, 0.5) is 5.82 Å². The third-order valence-corrected chi connectivity index (χ3v) is 6.91. The lowest BCUT2D eigenvalue weighted by Gasteiger charge is -2.40. The molecule has 0 atom stereocenters. The molecule has 9 nitrogen and oxygen atoms in total. The minimum Gasteiger partial charge on any atom is -0.436 e. The Morgan fingerprint density at radius 3 is 2.47 bits per heavy atom. The number of nitrogens with one attached hydrogen (secondary N) is 1. The molecule has 0 aliphatic carbocycles. The van der Waals surface area contributed by atoms with Gasteiger partial charge in [-0.3, -0.25) is 9.69 Å². The fourth-order valence-corrected chi connectivity index (χ4v) is 4.98. The van der Waals surface area contributed by atoms with Crippen LogP contribution >= 0.6 is 0 Å². The van der Waals surface area contributed by atoms with Crippen molar-refractivity contribution in [1.29, 1.82) is 0 Å². The molecular formula is C27H28N6O3. The van der Waals surface area contributed by atoms with Gasteiger partial charge in [0, 0.05) is 50.2 Å². The number of imidazole rings is 1. The summed E-state index contributed by atoms with van der Waals surface area (Å²) in [5.74, 6) is 1.97. The maximum absolute atomic E-state index is 12.9. The predicted octanol–water partition coefficient (Wildman–Crippen LogP) is 3.68. The molecule has 2 aromatic heterocycles. The molecule has 9 heteroatoms. The molecule has 4 aromatic rings. The van der Waals surface area contributed by atoms with Gasteiger partial charge in [0.05, 0.1) is 24.2 Å². The first-order valence-corrected chi connectivity index (χ1v) is 12.4. The van der Waals surface area contributed by atoms with Crippen LogP contribution in [0, 0.1) is 0 Å². The van der Waals surface area contributed by atoms with E-state index in [2.05, 4.69) is 29.7 Å². The number of aromatic amines is 1. The molecule has 0 radical (unpaired) electrons. The van der Waals surface area contributed by atoms with Crippen molar-refractivity contribution in [1.82, 2.24) is 24.8 Å². The zero-order valence-electron chi connectivity index (χ0n) is 20.0. The molecular weight excluding hydrogens is 456 g/mol. The van der Waals surface area contributed by atoms with Crippen molar-refractivity contribution in [2.24, 2.45) is 0 Å². The number of hydrogen-bond acceptors (Lipinski definition) is 8. The summed E-state index contributed by atoms with van der Waals surface area (Å²) >= 11 is 0. The lowest BCUT2D eigenvalue weighted by molar-refractivity contribution is 0.0114. The van der Waals surface area contributed by atoms with E-state index in [1.807, 2.05) is 24.3 Å². The minimum atomic E-state index is -0.166. The van der Waals surface area contributed by atoms with E-state index in [1.54, 1.807) is 36.7 Å². The number of fused-ring (bicyclic) bond motifs is 1. The quantitative estimate of drug-likeness (QED) is 0.414. The van der Waals surface area contributed by atoms with Gasteiger partial charge in [-0.1, -0.05) is 12.1 Å².